The standard InChI is InChI=1S/C23H20FN3O4/c1-30-22-18(23(29)25-12-16-7-8-17(13-28)31-16)9-11-20-21(22)19(26-27-20)10-4-14-2-5-15(24)6-3-14/h2-11,28H,12-13H2,1H3,(H,25,29)(H,26,27). The summed E-state index contributed by atoms with van der Waals surface area (Å²) >= 11 is 0. The molecule has 0 unspecified atom stereocenters. The predicted octanol–water partition coefficient (Wildman–Crippen LogP) is 3.90. The summed E-state index contributed by atoms with van der Waals surface area (Å²) in [6.07, 6.45) is 3.58. The van der Waals surface area contributed by atoms with Crippen molar-refractivity contribution in [3.05, 3.63) is 82.7 Å². The molecule has 0 fully saturated rings. The van der Waals surface area contributed by atoms with E-state index in [1.807, 2.05) is 0 Å². The fourth-order valence-corrected chi connectivity index (χ4v) is 3.23. The summed E-state index contributed by atoms with van der Waals surface area (Å²) in [7, 11) is 1.49. The minimum atomic E-state index is -0.338. The maximum atomic E-state index is 13.1. The molecule has 0 aliphatic heterocycles. The lowest BCUT2D eigenvalue weighted by atomic mass is 10.1. The van der Waals surface area contributed by atoms with Crippen LogP contribution in [0.4, 0.5) is 4.39 Å². The first-order chi connectivity index (χ1) is 15.1. The Kier molecular flexibility index (Phi) is 5.81. The third-order valence-corrected chi connectivity index (χ3v) is 4.76. The summed E-state index contributed by atoms with van der Waals surface area (Å²) < 4.78 is 24.1. The number of fused-ring (bicyclic) bond motifs is 1. The summed E-state index contributed by atoms with van der Waals surface area (Å²) in [5, 5.41) is 19.8. The molecule has 2 aromatic carbocycles. The van der Waals surface area contributed by atoms with Crippen LogP contribution in [0.5, 0.6) is 5.75 Å². The van der Waals surface area contributed by atoms with E-state index < -0.39 is 0 Å². The van der Waals surface area contributed by atoms with Gasteiger partial charge in [-0.2, -0.15) is 5.10 Å². The highest BCUT2D eigenvalue weighted by Crippen LogP contribution is 2.32. The van der Waals surface area contributed by atoms with Crippen LogP contribution in [0.1, 0.15) is 33.1 Å². The fraction of sp³-hybridized carbons (Fsp3) is 0.130. The van der Waals surface area contributed by atoms with Gasteiger partial charge in [0, 0.05) is 0 Å². The summed E-state index contributed by atoms with van der Waals surface area (Å²) in [6.45, 7) is -0.0319. The van der Waals surface area contributed by atoms with E-state index in [0.717, 1.165) is 5.56 Å². The Morgan fingerprint density at radius 1 is 1.16 bits per heavy atom. The topological polar surface area (TPSA) is 100 Å². The first-order valence-electron chi connectivity index (χ1n) is 9.54. The Morgan fingerprint density at radius 2 is 1.94 bits per heavy atom. The number of aliphatic hydroxyl groups excluding tert-OH is 1. The molecule has 0 aliphatic rings. The molecule has 7 nitrogen and oxygen atoms in total. The first-order valence-corrected chi connectivity index (χ1v) is 9.54. The lowest BCUT2D eigenvalue weighted by Crippen LogP contribution is -2.23. The van der Waals surface area contributed by atoms with E-state index >= 15 is 0 Å². The van der Waals surface area contributed by atoms with Crippen molar-refractivity contribution in [3.63, 3.8) is 0 Å². The Hall–Kier alpha value is -3.91. The summed E-state index contributed by atoms with van der Waals surface area (Å²) in [6, 6.07) is 12.8. The SMILES string of the molecule is COc1c(C(=O)NCc2ccc(CO)o2)ccc2[nH]nc(C=Cc3ccc(F)cc3)c12. The van der Waals surface area contributed by atoms with Crippen molar-refractivity contribution < 1.29 is 23.4 Å². The van der Waals surface area contributed by atoms with E-state index in [9.17, 15) is 9.18 Å². The molecule has 4 rings (SSSR count). The quantitative estimate of drug-likeness (QED) is 0.420. The van der Waals surface area contributed by atoms with Gasteiger partial charge in [-0.05, 0) is 48.0 Å². The molecule has 1 amide bonds. The van der Waals surface area contributed by atoms with Crippen molar-refractivity contribution in [1.82, 2.24) is 15.5 Å². The summed E-state index contributed by atoms with van der Waals surface area (Å²) in [5.41, 5.74) is 2.46. The molecule has 2 aromatic heterocycles. The van der Waals surface area contributed by atoms with Crippen LogP contribution >= 0.6 is 0 Å². The van der Waals surface area contributed by atoms with Crippen LogP contribution in [-0.4, -0.2) is 28.3 Å². The van der Waals surface area contributed by atoms with Crippen molar-refractivity contribution >= 4 is 29.0 Å². The van der Waals surface area contributed by atoms with Gasteiger partial charge < -0.3 is 19.6 Å². The molecule has 0 radical (unpaired) electrons. The van der Waals surface area contributed by atoms with Crippen LogP contribution in [0.25, 0.3) is 23.1 Å². The number of furan rings is 1. The Balaban J connectivity index is 1.61. The third kappa shape index (κ3) is 4.34. The number of nitrogens with one attached hydrogen (secondary N) is 2. The van der Waals surface area contributed by atoms with Crippen molar-refractivity contribution in [1.29, 1.82) is 0 Å². The Bertz CT molecular complexity index is 1240. The molecule has 3 N–H and O–H groups in total. The largest absolute Gasteiger partial charge is 0.495 e. The molecule has 0 saturated heterocycles. The number of aromatic nitrogens is 2. The second-order valence-corrected chi connectivity index (χ2v) is 6.77. The van der Waals surface area contributed by atoms with E-state index in [4.69, 9.17) is 14.3 Å². The van der Waals surface area contributed by atoms with E-state index in [2.05, 4.69) is 15.5 Å². The number of carbonyl (C=O) groups is 1. The number of benzene rings is 2. The number of aliphatic hydroxyl groups is 1. The van der Waals surface area contributed by atoms with E-state index in [0.29, 0.717) is 39.4 Å². The second kappa shape index (κ2) is 8.85. The number of methoxy groups -OCH3 is 1. The molecule has 0 saturated carbocycles. The van der Waals surface area contributed by atoms with Crippen LogP contribution in [0.15, 0.2) is 52.9 Å². The van der Waals surface area contributed by atoms with Crippen LogP contribution in [-0.2, 0) is 13.2 Å². The van der Waals surface area contributed by atoms with E-state index in [1.54, 1.807) is 48.6 Å². The number of hydrogen-bond acceptors (Lipinski definition) is 5. The lowest BCUT2D eigenvalue weighted by Gasteiger charge is -2.10. The molecule has 8 heteroatoms. The van der Waals surface area contributed by atoms with E-state index in [1.165, 1.54) is 19.2 Å². The lowest BCUT2D eigenvalue weighted by molar-refractivity contribution is 0.0945. The highest BCUT2D eigenvalue weighted by Gasteiger charge is 2.19. The fourth-order valence-electron chi connectivity index (χ4n) is 3.23. The summed E-state index contributed by atoms with van der Waals surface area (Å²) in [5.74, 6) is 0.707. The van der Waals surface area contributed by atoms with Crippen molar-refractivity contribution in [3.8, 4) is 5.75 Å². The highest BCUT2D eigenvalue weighted by molar-refractivity contribution is 6.05. The number of aromatic amines is 1. The molecule has 0 atom stereocenters. The van der Waals surface area contributed by atoms with Crippen LogP contribution in [0.2, 0.25) is 0 Å². The molecule has 0 bridgehead atoms. The van der Waals surface area contributed by atoms with Gasteiger partial charge in [0.1, 0.15) is 29.7 Å². The first kappa shape index (κ1) is 20.4. The smallest absolute Gasteiger partial charge is 0.255 e. The van der Waals surface area contributed by atoms with Gasteiger partial charge in [0.05, 0.1) is 35.8 Å². The van der Waals surface area contributed by atoms with Crippen LogP contribution in [0, 0.1) is 5.82 Å². The Morgan fingerprint density at radius 3 is 2.65 bits per heavy atom. The number of nitrogens with zero attached hydrogens (tertiary/aromatic N) is 1. The van der Waals surface area contributed by atoms with Crippen LogP contribution in [0.3, 0.4) is 0 Å². The number of amides is 1. The molecule has 0 spiro atoms. The minimum Gasteiger partial charge on any atom is -0.495 e. The maximum Gasteiger partial charge on any atom is 0.255 e. The van der Waals surface area contributed by atoms with Gasteiger partial charge in [-0.3, -0.25) is 9.89 Å². The number of halogens is 1. The molecular formula is C23H20FN3O4. The van der Waals surface area contributed by atoms with Gasteiger partial charge in [-0.1, -0.05) is 18.2 Å². The maximum absolute atomic E-state index is 13.1. The molecule has 4 aromatic rings. The van der Waals surface area contributed by atoms with Crippen LogP contribution < -0.4 is 10.1 Å². The predicted molar refractivity (Wildman–Crippen MR) is 114 cm³/mol. The second-order valence-electron chi connectivity index (χ2n) is 6.77. The van der Waals surface area contributed by atoms with Crippen molar-refractivity contribution in [2.75, 3.05) is 7.11 Å². The van der Waals surface area contributed by atoms with Crippen molar-refractivity contribution in [2.45, 2.75) is 13.2 Å². The Labute approximate surface area is 177 Å². The number of H-pyrrole nitrogens is 1. The average Bonchev–Trinajstić information content (AvgIpc) is 3.43. The number of ether oxygens (including phenoxy) is 1. The summed E-state index contributed by atoms with van der Waals surface area (Å²) in [4.78, 5) is 12.8. The molecule has 0 aliphatic carbocycles. The van der Waals surface area contributed by atoms with Gasteiger partial charge in [-0.15, -0.1) is 0 Å². The number of carbonyl (C=O) groups excluding carboxylic acids is 1. The average molecular weight is 421 g/mol. The molecule has 2 heterocycles. The zero-order chi connectivity index (χ0) is 21.8. The van der Waals surface area contributed by atoms with E-state index in [-0.39, 0.29) is 24.9 Å². The normalized spacial score (nSPS) is 11.3. The van der Waals surface area contributed by atoms with Gasteiger partial charge in [0.2, 0.25) is 0 Å². The minimum absolute atomic E-state index is 0.169. The van der Waals surface area contributed by atoms with Gasteiger partial charge >= 0.3 is 0 Å². The van der Waals surface area contributed by atoms with Gasteiger partial charge in [0.15, 0.2) is 0 Å². The van der Waals surface area contributed by atoms with Gasteiger partial charge in [0.25, 0.3) is 5.91 Å². The number of rotatable bonds is 7. The highest BCUT2D eigenvalue weighted by atomic mass is 19.1. The zero-order valence-electron chi connectivity index (χ0n) is 16.7. The zero-order valence-corrected chi connectivity index (χ0v) is 16.7. The molecule has 158 valence electrons. The molecular weight excluding hydrogens is 401 g/mol. The number of hydrogen-bond donors (Lipinski definition) is 3. The van der Waals surface area contributed by atoms with Crippen molar-refractivity contribution in [2.24, 2.45) is 0 Å². The van der Waals surface area contributed by atoms with Gasteiger partial charge in [-0.25, -0.2) is 4.39 Å². The third-order valence-electron chi connectivity index (χ3n) is 4.76. The molecule has 31 heavy (non-hydrogen) atoms. The monoisotopic (exact) mass is 421 g/mol.